The molecule has 1 N–H and O–H groups in total. The first kappa shape index (κ1) is 19.0. The third-order valence-electron chi connectivity index (χ3n) is 4.39. The van der Waals surface area contributed by atoms with E-state index >= 15 is 0 Å². The summed E-state index contributed by atoms with van der Waals surface area (Å²) < 4.78 is 32.3. The fourth-order valence-electron chi connectivity index (χ4n) is 2.98. The van der Waals surface area contributed by atoms with E-state index in [9.17, 15) is 13.2 Å². The van der Waals surface area contributed by atoms with Gasteiger partial charge in [-0.3, -0.25) is 9.69 Å². The average molecular weight is 395 g/mol. The molecule has 0 fully saturated rings. The summed E-state index contributed by atoms with van der Waals surface area (Å²) >= 11 is 1.79. The summed E-state index contributed by atoms with van der Waals surface area (Å²) in [6, 6.07) is 8.53. The number of nitrogens with one attached hydrogen (secondary N) is 1. The lowest BCUT2D eigenvalue weighted by Gasteiger charge is -2.26. The van der Waals surface area contributed by atoms with E-state index in [1.165, 1.54) is 29.7 Å². The lowest BCUT2D eigenvalue weighted by molar-refractivity contribution is -0.139. The molecule has 0 spiro atoms. The Morgan fingerprint density at radius 3 is 3.00 bits per heavy atom. The normalized spacial score (nSPS) is 14.8. The second-order valence-corrected chi connectivity index (χ2v) is 8.96. The molecule has 0 radical (unpaired) electrons. The average Bonchev–Trinajstić information content (AvgIpc) is 3.09. The number of fused-ring (bicyclic) bond motifs is 1. The molecule has 0 bridgehead atoms. The van der Waals surface area contributed by atoms with Crippen LogP contribution in [-0.2, 0) is 38.9 Å². The molecular formula is C18H22N2O4S2. The van der Waals surface area contributed by atoms with Gasteiger partial charge in [-0.15, -0.1) is 11.3 Å². The Kier molecular flexibility index (Phi) is 6.08. The molecule has 2 heterocycles. The van der Waals surface area contributed by atoms with E-state index in [0.717, 1.165) is 19.5 Å². The van der Waals surface area contributed by atoms with Crippen LogP contribution in [0.4, 0.5) is 0 Å². The van der Waals surface area contributed by atoms with Crippen LogP contribution in [0.5, 0.6) is 0 Å². The summed E-state index contributed by atoms with van der Waals surface area (Å²) in [5, 5.41) is 2.11. The van der Waals surface area contributed by atoms with Crippen LogP contribution >= 0.6 is 11.3 Å². The Morgan fingerprint density at radius 1 is 1.35 bits per heavy atom. The van der Waals surface area contributed by atoms with Crippen LogP contribution < -0.4 is 4.72 Å². The molecule has 0 saturated heterocycles. The first-order valence-corrected chi connectivity index (χ1v) is 10.8. The SMILES string of the molecule is COC(=O)Cc1cccc(S(=O)(=O)NCCN2CCc3sccc3C2)c1. The van der Waals surface area contributed by atoms with E-state index in [-0.39, 0.29) is 11.3 Å². The van der Waals surface area contributed by atoms with Crippen LogP contribution in [0, 0.1) is 0 Å². The summed E-state index contributed by atoms with van der Waals surface area (Å²) in [5.41, 5.74) is 1.96. The zero-order chi connectivity index (χ0) is 18.6. The topological polar surface area (TPSA) is 75.7 Å². The number of esters is 1. The number of hydrogen-bond donors (Lipinski definition) is 1. The van der Waals surface area contributed by atoms with Gasteiger partial charge in [0.15, 0.2) is 0 Å². The molecule has 1 aliphatic heterocycles. The minimum Gasteiger partial charge on any atom is -0.469 e. The number of thiophene rings is 1. The maximum absolute atomic E-state index is 12.5. The fourth-order valence-corrected chi connectivity index (χ4v) is 4.96. The van der Waals surface area contributed by atoms with Gasteiger partial charge in [0.1, 0.15) is 0 Å². The van der Waals surface area contributed by atoms with Crippen molar-refractivity contribution in [2.75, 3.05) is 26.7 Å². The maximum atomic E-state index is 12.5. The zero-order valence-electron chi connectivity index (χ0n) is 14.6. The van der Waals surface area contributed by atoms with Crippen molar-refractivity contribution in [1.29, 1.82) is 0 Å². The van der Waals surface area contributed by atoms with Crippen molar-refractivity contribution in [2.24, 2.45) is 0 Å². The maximum Gasteiger partial charge on any atom is 0.309 e. The number of hydrogen-bond acceptors (Lipinski definition) is 6. The molecule has 1 aromatic carbocycles. The van der Waals surface area contributed by atoms with Crippen molar-refractivity contribution in [3.63, 3.8) is 0 Å². The van der Waals surface area contributed by atoms with Gasteiger partial charge in [0.2, 0.25) is 10.0 Å². The summed E-state index contributed by atoms with van der Waals surface area (Å²) in [5.74, 6) is -0.398. The molecule has 0 saturated carbocycles. The van der Waals surface area contributed by atoms with Crippen LogP contribution in [-0.4, -0.2) is 46.0 Å². The van der Waals surface area contributed by atoms with Gasteiger partial charge in [-0.05, 0) is 41.1 Å². The highest BCUT2D eigenvalue weighted by Crippen LogP contribution is 2.23. The largest absolute Gasteiger partial charge is 0.469 e. The summed E-state index contributed by atoms with van der Waals surface area (Å²) in [6.45, 7) is 2.83. The molecule has 0 amide bonds. The van der Waals surface area contributed by atoms with Crippen molar-refractivity contribution >= 4 is 27.3 Å². The highest BCUT2D eigenvalue weighted by atomic mass is 32.2. The van der Waals surface area contributed by atoms with Crippen LogP contribution in [0.15, 0.2) is 40.6 Å². The summed E-state index contributed by atoms with van der Waals surface area (Å²) in [4.78, 5) is 15.2. The number of methoxy groups -OCH3 is 1. The number of ether oxygens (including phenoxy) is 1. The molecule has 0 aliphatic carbocycles. The van der Waals surface area contributed by atoms with Crippen molar-refractivity contribution in [1.82, 2.24) is 9.62 Å². The van der Waals surface area contributed by atoms with Gasteiger partial charge in [-0.2, -0.15) is 0 Å². The summed E-state index contributed by atoms with van der Waals surface area (Å²) in [7, 11) is -2.29. The second-order valence-electron chi connectivity index (χ2n) is 6.19. The molecule has 26 heavy (non-hydrogen) atoms. The third-order valence-corrected chi connectivity index (χ3v) is 6.87. The molecule has 6 nitrogen and oxygen atoms in total. The Bertz CT molecular complexity index is 877. The van der Waals surface area contributed by atoms with Gasteiger partial charge in [-0.1, -0.05) is 12.1 Å². The van der Waals surface area contributed by atoms with Gasteiger partial charge in [0.05, 0.1) is 18.4 Å². The Labute approximate surface area is 157 Å². The number of rotatable bonds is 7. The van der Waals surface area contributed by atoms with Crippen molar-refractivity contribution < 1.29 is 17.9 Å². The molecule has 8 heteroatoms. The highest BCUT2D eigenvalue weighted by Gasteiger charge is 2.19. The molecule has 1 aromatic heterocycles. The molecule has 2 aromatic rings. The predicted molar refractivity (Wildman–Crippen MR) is 101 cm³/mol. The number of benzene rings is 1. The van der Waals surface area contributed by atoms with E-state index in [0.29, 0.717) is 18.7 Å². The number of carbonyl (C=O) groups is 1. The smallest absolute Gasteiger partial charge is 0.309 e. The Morgan fingerprint density at radius 2 is 2.19 bits per heavy atom. The van der Waals surface area contributed by atoms with Gasteiger partial charge >= 0.3 is 5.97 Å². The quantitative estimate of drug-likeness (QED) is 0.725. The van der Waals surface area contributed by atoms with E-state index in [1.807, 2.05) is 0 Å². The zero-order valence-corrected chi connectivity index (χ0v) is 16.2. The van der Waals surface area contributed by atoms with E-state index in [1.54, 1.807) is 23.5 Å². The fraction of sp³-hybridized carbons (Fsp3) is 0.389. The van der Waals surface area contributed by atoms with Crippen molar-refractivity contribution in [3.8, 4) is 0 Å². The van der Waals surface area contributed by atoms with Gasteiger partial charge in [0.25, 0.3) is 0 Å². The molecular weight excluding hydrogens is 372 g/mol. The lowest BCUT2D eigenvalue weighted by atomic mass is 10.1. The van der Waals surface area contributed by atoms with Crippen molar-refractivity contribution in [2.45, 2.75) is 24.3 Å². The monoisotopic (exact) mass is 394 g/mol. The van der Waals surface area contributed by atoms with Crippen molar-refractivity contribution in [3.05, 3.63) is 51.7 Å². The van der Waals surface area contributed by atoms with Gasteiger partial charge < -0.3 is 4.74 Å². The number of nitrogens with zero attached hydrogens (tertiary/aromatic N) is 1. The minimum atomic E-state index is -3.60. The Hall–Kier alpha value is -1.74. The molecule has 3 rings (SSSR count). The highest BCUT2D eigenvalue weighted by molar-refractivity contribution is 7.89. The van der Waals surface area contributed by atoms with Gasteiger partial charge in [0, 0.05) is 31.1 Å². The second kappa shape index (κ2) is 8.30. The number of sulfonamides is 1. The Balaban J connectivity index is 1.56. The standard InChI is InChI=1S/C18H22N2O4S2/c1-24-18(21)12-14-3-2-4-16(11-14)26(22,23)19-7-9-20-8-5-17-15(13-20)6-10-25-17/h2-4,6,10-11,19H,5,7-9,12-13H2,1H3. The number of carbonyl (C=O) groups excluding carboxylic acids is 1. The van der Waals surface area contributed by atoms with Gasteiger partial charge in [-0.25, -0.2) is 13.1 Å². The minimum absolute atomic E-state index is 0.0522. The van der Waals surface area contributed by atoms with E-state index < -0.39 is 16.0 Å². The molecule has 1 aliphatic rings. The van der Waals surface area contributed by atoms with Crippen LogP contribution in [0.3, 0.4) is 0 Å². The van der Waals surface area contributed by atoms with Crippen LogP contribution in [0.2, 0.25) is 0 Å². The third kappa shape index (κ3) is 4.70. The van der Waals surface area contributed by atoms with Crippen LogP contribution in [0.1, 0.15) is 16.0 Å². The predicted octanol–water partition coefficient (Wildman–Crippen LogP) is 1.80. The first-order chi connectivity index (χ1) is 12.5. The van der Waals surface area contributed by atoms with E-state index in [4.69, 9.17) is 0 Å². The lowest BCUT2D eigenvalue weighted by Crippen LogP contribution is -2.37. The molecule has 0 unspecified atom stereocenters. The summed E-state index contributed by atoms with van der Waals surface area (Å²) in [6.07, 6.45) is 1.08. The first-order valence-electron chi connectivity index (χ1n) is 8.41. The van der Waals surface area contributed by atoms with Crippen LogP contribution in [0.25, 0.3) is 0 Å². The van der Waals surface area contributed by atoms with E-state index in [2.05, 4.69) is 25.8 Å². The molecule has 140 valence electrons. The molecule has 0 atom stereocenters.